The highest BCUT2D eigenvalue weighted by atomic mass is 79.9. The second kappa shape index (κ2) is 4.80. The molecule has 6 heteroatoms. The molecule has 0 amide bonds. The van der Waals surface area contributed by atoms with E-state index in [1.54, 1.807) is 12.1 Å². The lowest BCUT2D eigenvalue weighted by Gasteiger charge is -2.04. The maximum Gasteiger partial charge on any atom is 0.142 e. The Morgan fingerprint density at radius 2 is 2.12 bits per heavy atom. The summed E-state index contributed by atoms with van der Waals surface area (Å²) >= 11 is 4.62. The number of rotatable bonds is 2. The average molecular weight is 300 g/mol. The van der Waals surface area contributed by atoms with Gasteiger partial charge in [-0.15, -0.1) is 0 Å². The van der Waals surface area contributed by atoms with Crippen LogP contribution in [-0.2, 0) is 0 Å². The number of hydrogen-bond donors (Lipinski definition) is 1. The van der Waals surface area contributed by atoms with E-state index in [0.717, 1.165) is 4.90 Å². The zero-order valence-electron chi connectivity index (χ0n) is 8.02. The summed E-state index contributed by atoms with van der Waals surface area (Å²) in [6, 6.07) is 6.29. The minimum absolute atomic E-state index is 0.275. The number of benzene rings is 1. The van der Waals surface area contributed by atoms with E-state index in [9.17, 15) is 4.39 Å². The van der Waals surface area contributed by atoms with Gasteiger partial charge in [0.05, 0.1) is 4.47 Å². The minimum atomic E-state index is -0.275. The molecule has 2 aromatic rings. The summed E-state index contributed by atoms with van der Waals surface area (Å²) in [6.07, 6.45) is 1.38. The van der Waals surface area contributed by atoms with Crippen molar-refractivity contribution in [2.45, 2.75) is 9.92 Å². The highest BCUT2D eigenvalue weighted by molar-refractivity contribution is 9.10. The molecule has 1 aromatic heterocycles. The first-order valence-corrected chi connectivity index (χ1v) is 5.97. The predicted octanol–water partition coefficient (Wildman–Crippen LogP) is 3.11. The normalized spacial score (nSPS) is 10.4. The fraction of sp³-hybridized carbons (Fsp3) is 0. The zero-order chi connectivity index (χ0) is 11.5. The first-order chi connectivity index (χ1) is 7.66. The van der Waals surface area contributed by atoms with E-state index in [1.807, 2.05) is 0 Å². The van der Waals surface area contributed by atoms with E-state index in [4.69, 9.17) is 5.73 Å². The topological polar surface area (TPSA) is 51.8 Å². The number of aromatic nitrogens is 2. The van der Waals surface area contributed by atoms with Crippen LogP contribution in [0.15, 0.2) is 45.0 Å². The highest BCUT2D eigenvalue weighted by Gasteiger charge is 2.07. The third-order valence-corrected chi connectivity index (χ3v) is 3.83. The fourth-order valence-corrected chi connectivity index (χ4v) is 2.36. The van der Waals surface area contributed by atoms with E-state index >= 15 is 0 Å². The molecular weight excluding hydrogens is 293 g/mol. The van der Waals surface area contributed by atoms with E-state index in [-0.39, 0.29) is 5.82 Å². The molecule has 1 aromatic carbocycles. The first kappa shape index (κ1) is 11.3. The van der Waals surface area contributed by atoms with Crippen molar-refractivity contribution in [2.24, 2.45) is 0 Å². The van der Waals surface area contributed by atoms with Crippen molar-refractivity contribution in [1.29, 1.82) is 0 Å². The molecule has 0 saturated heterocycles. The summed E-state index contributed by atoms with van der Waals surface area (Å²) in [5.41, 5.74) is 5.62. The van der Waals surface area contributed by atoms with Crippen molar-refractivity contribution >= 4 is 33.5 Å². The fourth-order valence-electron chi connectivity index (χ4n) is 1.08. The van der Waals surface area contributed by atoms with Gasteiger partial charge in [0.25, 0.3) is 0 Å². The molecule has 0 radical (unpaired) electrons. The molecular formula is C10H7BrFN3S. The molecule has 3 nitrogen and oxygen atoms in total. The van der Waals surface area contributed by atoms with Crippen molar-refractivity contribution < 1.29 is 4.39 Å². The lowest BCUT2D eigenvalue weighted by Crippen LogP contribution is -1.94. The Labute approximate surface area is 104 Å². The van der Waals surface area contributed by atoms with Crippen LogP contribution < -0.4 is 5.73 Å². The van der Waals surface area contributed by atoms with Gasteiger partial charge in [0.2, 0.25) is 0 Å². The van der Waals surface area contributed by atoms with Crippen LogP contribution in [0.2, 0.25) is 0 Å². The smallest absolute Gasteiger partial charge is 0.142 e. The number of anilines is 1. The molecule has 0 atom stereocenters. The van der Waals surface area contributed by atoms with Gasteiger partial charge in [0.1, 0.15) is 23.0 Å². The van der Waals surface area contributed by atoms with Gasteiger partial charge in [0.15, 0.2) is 0 Å². The van der Waals surface area contributed by atoms with Gasteiger partial charge in [-0.1, -0.05) is 17.8 Å². The van der Waals surface area contributed by atoms with Gasteiger partial charge >= 0.3 is 0 Å². The first-order valence-electron chi connectivity index (χ1n) is 4.36. The van der Waals surface area contributed by atoms with Crippen LogP contribution in [0.3, 0.4) is 0 Å². The second-order valence-corrected chi connectivity index (χ2v) is 4.79. The minimum Gasteiger partial charge on any atom is -0.383 e. The standard InChI is InChI=1S/C10H7BrFN3S/c11-8-9(13)14-5-15-10(8)16-7-3-1-2-6(12)4-7/h1-5H,(H2,13,14,15). The van der Waals surface area contributed by atoms with E-state index in [2.05, 4.69) is 25.9 Å². The van der Waals surface area contributed by atoms with Gasteiger partial charge in [-0.05, 0) is 34.1 Å². The summed E-state index contributed by atoms with van der Waals surface area (Å²) in [5, 5.41) is 0.665. The maximum absolute atomic E-state index is 13.0. The van der Waals surface area contributed by atoms with E-state index in [0.29, 0.717) is 15.3 Å². The Balaban J connectivity index is 2.31. The summed E-state index contributed by atoms with van der Waals surface area (Å²) < 4.78 is 13.6. The third-order valence-electron chi connectivity index (χ3n) is 1.80. The van der Waals surface area contributed by atoms with Crippen molar-refractivity contribution in [3.63, 3.8) is 0 Å². The number of halogens is 2. The third kappa shape index (κ3) is 2.51. The van der Waals surface area contributed by atoms with Crippen LogP contribution in [0.25, 0.3) is 0 Å². The molecule has 0 saturated carbocycles. The van der Waals surface area contributed by atoms with Crippen LogP contribution in [0.4, 0.5) is 10.2 Å². The van der Waals surface area contributed by atoms with Crippen LogP contribution in [-0.4, -0.2) is 9.97 Å². The molecule has 82 valence electrons. The second-order valence-electron chi connectivity index (χ2n) is 2.94. The number of nitrogen functional groups attached to an aromatic ring is 1. The zero-order valence-corrected chi connectivity index (χ0v) is 10.4. The lowest BCUT2D eigenvalue weighted by atomic mass is 10.4. The monoisotopic (exact) mass is 299 g/mol. The SMILES string of the molecule is Nc1ncnc(Sc2cccc(F)c2)c1Br. The van der Waals surface area contributed by atoms with Gasteiger partial charge < -0.3 is 5.73 Å². The molecule has 0 aliphatic heterocycles. The van der Waals surface area contributed by atoms with Crippen LogP contribution >= 0.6 is 27.7 Å². The highest BCUT2D eigenvalue weighted by Crippen LogP contribution is 2.33. The average Bonchev–Trinajstić information content (AvgIpc) is 2.25. The van der Waals surface area contributed by atoms with Gasteiger partial charge in [-0.2, -0.15) is 0 Å². The molecule has 0 unspecified atom stereocenters. The van der Waals surface area contributed by atoms with Crippen LogP contribution in [0.1, 0.15) is 0 Å². The molecule has 2 rings (SSSR count). The largest absolute Gasteiger partial charge is 0.383 e. The van der Waals surface area contributed by atoms with Crippen LogP contribution in [0, 0.1) is 5.82 Å². The Bertz CT molecular complexity index is 521. The number of nitrogens with two attached hydrogens (primary N) is 1. The Kier molecular flexibility index (Phi) is 3.40. The molecule has 0 fully saturated rings. The van der Waals surface area contributed by atoms with Gasteiger partial charge in [-0.3, -0.25) is 0 Å². The van der Waals surface area contributed by atoms with E-state index < -0.39 is 0 Å². The molecule has 0 aliphatic rings. The summed E-state index contributed by atoms with van der Waals surface area (Å²) in [5.74, 6) is 0.0945. The van der Waals surface area contributed by atoms with Crippen molar-refractivity contribution in [3.05, 3.63) is 40.9 Å². The molecule has 16 heavy (non-hydrogen) atoms. The summed E-state index contributed by atoms with van der Waals surface area (Å²) in [6.45, 7) is 0. The van der Waals surface area contributed by atoms with E-state index in [1.165, 1.54) is 30.2 Å². The van der Waals surface area contributed by atoms with Crippen molar-refractivity contribution in [3.8, 4) is 0 Å². The Morgan fingerprint density at radius 1 is 1.31 bits per heavy atom. The lowest BCUT2D eigenvalue weighted by molar-refractivity contribution is 0.624. The number of nitrogens with zero attached hydrogens (tertiary/aromatic N) is 2. The Morgan fingerprint density at radius 3 is 2.88 bits per heavy atom. The van der Waals surface area contributed by atoms with Crippen molar-refractivity contribution in [1.82, 2.24) is 9.97 Å². The van der Waals surface area contributed by atoms with Gasteiger partial charge in [0, 0.05) is 4.90 Å². The predicted molar refractivity (Wildman–Crippen MR) is 64.7 cm³/mol. The summed E-state index contributed by atoms with van der Waals surface area (Å²) in [7, 11) is 0. The van der Waals surface area contributed by atoms with Crippen LogP contribution in [0.5, 0.6) is 0 Å². The molecule has 0 spiro atoms. The Hall–Kier alpha value is -1.14. The quantitative estimate of drug-likeness (QED) is 0.866. The maximum atomic E-state index is 13.0. The number of hydrogen-bond acceptors (Lipinski definition) is 4. The van der Waals surface area contributed by atoms with Gasteiger partial charge in [-0.25, -0.2) is 14.4 Å². The molecule has 0 bridgehead atoms. The summed E-state index contributed by atoms with van der Waals surface area (Å²) in [4.78, 5) is 8.66. The molecule has 2 N–H and O–H groups in total. The molecule has 1 heterocycles. The molecule has 0 aliphatic carbocycles. The van der Waals surface area contributed by atoms with Crippen molar-refractivity contribution in [2.75, 3.05) is 5.73 Å².